The lowest BCUT2D eigenvalue weighted by atomic mass is 9.81. The Balaban J connectivity index is 0.912. The van der Waals surface area contributed by atoms with Crippen molar-refractivity contribution in [2.45, 2.75) is 146 Å². The Morgan fingerprint density at radius 1 is 0.753 bits per heavy atom. The number of carbonyl (C=O) groups excluding carboxylic acids is 5. The molecule has 0 radical (unpaired) electrons. The summed E-state index contributed by atoms with van der Waals surface area (Å²) in [5, 5.41) is 32.7. The molecule has 9 atom stereocenters. The van der Waals surface area contributed by atoms with Crippen LogP contribution in [0.2, 0.25) is 0 Å². The number of hydrogen-bond acceptors (Lipinski definition) is 13. The van der Waals surface area contributed by atoms with Crippen molar-refractivity contribution in [1.82, 2.24) is 41.7 Å². The van der Waals surface area contributed by atoms with Crippen LogP contribution in [-0.2, 0) is 52.4 Å². The second-order valence-electron chi connectivity index (χ2n) is 23.2. The molecule has 4 aromatic rings. The number of likely N-dealkylation sites (N-methyl/N-ethyl adjacent to an activating group) is 2. The highest BCUT2D eigenvalue weighted by atomic mass is 32.2. The van der Waals surface area contributed by atoms with E-state index < -0.39 is 46.3 Å². The maximum absolute atomic E-state index is 14.9. The molecule has 77 heavy (non-hydrogen) atoms. The Kier molecular flexibility index (Phi) is 18.5. The van der Waals surface area contributed by atoms with Gasteiger partial charge in [0.15, 0.2) is 5.72 Å². The summed E-state index contributed by atoms with van der Waals surface area (Å²) < 4.78 is 12.7. The first-order chi connectivity index (χ1) is 36.7. The first-order valence-electron chi connectivity index (χ1n) is 27.0. The molecule has 4 heterocycles. The number of fused-ring (bicyclic) bond motifs is 3. The first-order valence-corrected chi connectivity index (χ1v) is 29.1. The van der Waals surface area contributed by atoms with Crippen molar-refractivity contribution in [3.8, 4) is 0 Å². The van der Waals surface area contributed by atoms with Crippen molar-refractivity contribution >= 4 is 63.8 Å². The van der Waals surface area contributed by atoms with Crippen LogP contribution < -0.4 is 31.9 Å². The normalized spacial score (nSPS) is 25.3. The van der Waals surface area contributed by atoms with Gasteiger partial charge in [-0.25, -0.2) is 0 Å². The minimum atomic E-state index is -1.85. The fraction of sp³-hybridized carbons (Fsp3) is 0.542. The van der Waals surface area contributed by atoms with E-state index in [1.54, 1.807) is 42.9 Å². The van der Waals surface area contributed by atoms with E-state index in [-0.39, 0.29) is 85.3 Å². The number of aliphatic hydroxyl groups is 1. The molecule has 4 fully saturated rings. The van der Waals surface area contributed by atoms with Gasteiger partial charge in [-0.2, -0.15) is 0 Å². The molecule has 416 valence electrons. The van der Waals surface area contributed by atoms with Gasteiger partial charge < -0.3 is 51.4 Å². The molecule has 4 aliphatic rings. The molecule has 18 heteroatoms. The third-order valence-electron chi connectivity index (χ3n) is 16.1. The van der Waals surface area contributed by atoms with Crippen molar-refractivity contribution in [3.63, 3.8) is 0 Å². The maximum Gasteiger partial charge on any atom is 0.246 e. The number of benzene rings is 4. The number of thioether (sulfide) groups is 2. The average molecular weight is 1090 g/mol. The van der Waals surface area contributed by atoms with Crippen molar-refractivity contribution < 1.29 is 38.6 Å². The lowest BCUT2D eigenvalue weighted by Crippen LogP contribution is -2.66. The Morgan fingerprint density at radius 3 is 2.00 bits per heavy atom. The molecule has 0 bridgehead atoms. The largest absolute Gasteiger partial charge is 0.374 e. The van der Waals surface area contributed by atoms with E-state index in [9.17, 15) is 29.1 Å². The smallest absolute Gasteiger partial charge is 0.246 e. The van der Waals surface area contributed by atoms with Crippen molar-refractivity contribution in [1.29, 1.82) is 0 Å². The number of nitrogens with zero attached hydrogens (tertiary/aromatic N) is 2. The zero-order valence-corrected chi connectivity index (χ0v) is 47.8. The third kappa shape index (κ3) is 13.2. The van der Waals surface area contributed by atoms with Crippen LogP contribution in [0.1, 0.15) is 102 Å². The fourth-order valence-electron chi connectivity index (χ4n) is 11.8. The van der Waals surface area contributed by atoms with Crippen LogP contribution in [-0.4, -0.2) is 136 Å². The second kappa shape index (κ2) is 24.5. The van der Waals surface area contributed by atoms with E-state index in [0.29, 0.717) is 24.2 Å². The molecule has 7 N–H and O–H groups in total. The van der Waals surface area contributed by atoms with Crippen molar-refractivity contribution in [2.75, 3.05) is 45.4 Å². The number of rotatable bonds is 20. The van der Waals surface area contributed by atoms with Gasteiger partial charge >= 0.3 is 0 Å². The molecule has 16 nitrogen and oxygen atoms in total. The van der Waals surface area contributed by atoms with Gasteiger partial charge in [0.05, 0.1) is 61.8 Å². The van der Waals surface area contributed by atoms with Crippen LogP contribution >= 0.6 is 23.5 Å². The van der Waals surface area contributed by atoms with Gasteiger partial charge in [0.25, 0.3) is 0 Å². The fourth-order valence-corrected chi connectivity index (χ4v) is 15.1. The molecule has 4 aliphatic heterocycles. The summed E-state index contributed by atoms with van der Waals surface area (Å²) in [4.78, 5) is 73.2. The van der Waals surface area contributed by atoms with E-state index >= 15 is 0 Å². The molecule has 8 rings (SSSR count). The Labute approximate surface area is 463 Å². The maximum atomic E-state index is 14.9. The van der Waals surface area contributed by atoms with Crippen molar-refractivity contribution in [2.24, 2.45) is 10.8 Å². The predicted octanol–water partition coefficient (Wildman–Crippen LogP) is 5.92. The van der Waals surface area contributed by atoms with E-state index in [1.807, 2.05) is 105 Å². The van der Waals surface area contributed by atoms with Crippen LogP contribution in [0.25, 0.3) is 10.8 Å². The lowest BCUT2D eigenvalue weighted by molar-refractivity contribution is -0.146. The SMILES string of the molecule is CNCC(=O)N[C@H]1CCS[C@H]2CC(C)(C)[C@@H](C(=O)N[C@H](COCc3ccc4cc(COCC(O)(NC(=O)[C@H]5N6[C@H](CC5(C)C)SCC[C@H](NC(=O)[C@H](C)NC)C6(C)C)c5ccccc5)ccc4c3)c3ccccc3)N2C1=O. The van der Waals surface area contributed by atoms with Gasteiger partial charge in [-0.05, 0) is 122 Å². The molecule has 5 amide bonds. The highest BCUT2D eigenvalue weighted by Crippen LogP contribution is 2.51. The summed E-state index contributed by atoms with van der Waals surface area (Å²) in [7, 11) is 3.45. The molecule has 4 saturated heterocycles. The molecule has 1 unspecified atom stereocenters. The van der Waals surface area contributed by atoms with E-state index in [2.05, 4.69) is 76.6 Å². The van der Waals surface area contributed by atoms with Crippen LogP contribution in [0.4, 0.5) is 0 Å². The predicted molar refractivity (Wildman–Crippen MR) is 304 cm³/mol. The van der Waals surface area contributed by atoms with Crippen LogP contribution in [0.3, 0.4) is 0 Å². The minimum absolute atomic E-state index is 0.0435. The Hall–Kier alpha value is -5.05. The lowest BCUT2D eigenvalue weighted by Gasteiger charge is -2.47. The number of amides is 5. The summed E-state index contributed by atoms with van der Waals surface area (Å²) in [5.74, 6) is 0.397. The number of ether oxygens (including phenoxy) is 2. The van der Waals surface area contributed by atoms with Gasteiger partial charge in [0, 0.05) is 17.1 Å². The van der Waals surface area contributed by atoms with Gasteiger partial charge in [0.1, 0.15) is 12.1 Å². The van der Waals surface area contributed by atoms with E-state index in [4.69, 9.17) is 9.47 Å². The zero-order valence-electron chi connectivity index (χ0n) is 46.2. The van der Waals surface area contributed by atoms with Gasteiger partial charge in [-0.1, -0.05) is 113 Å². The minimum Gasteiger partial charge on any atom is -0.374 e. The second-order valence-corrected chi connectivity index (χ2v) is 25.7. The third-order valence-corrected chi connectivity index (χ3v) is 18.6. The highest BCUT2D eigenvalue weighted by molar-refractivity contribution is 8.00. The molecule has 0 aliphatic carbocycles. The monoisotopic (exact) mass is 1090 g/mol. The summed E-state index contributed by atoms with van der Waals surface area (Å²) in [5.41, 5.74) is -0.184. The first kappa shape index (κ1) is 58.1. The Morgan fingerprint density at radius 2 is 1.35 bits per heavy atom. The topological polar surface area (TPSA) is 203 Å². The summed E-state index contributed by atoms with van der Waals surface area (Å²) in [6.45, 7) is 14.9. The summed E-state index contributed by atoms with van der Waals surface area (Å²) in [6.07, 6.45) is 2.68. The number of carbonyl (C=O) groups is 5. The summed E-state index contributed by atoms with van der Waals surface area (Å²) in [6, 6.07) is 27.9. The van der Waals surface area contributed by atoms with Gasteiger partial charge in [0.2, 0.25) is 29.5 Å². The van der Waals surface area contributed by atoms with Gasteiger partial charge in [-0.3, -0.25) is 28.9 Å². The van der Waals surface area contributed by atoms with E-state index in [1.165, 1.54) is 0 Å². The van der Waals surface area contributed by atoms with Crippen molar-refractivity contribution in [3.05, 3.63) is 119 Å². The summed E-state index contributed by atoms with van der Waals surface area (Å²) >= 11 is 3.48. The quantitative estimate of drug-likeness (QED) is 0.0515. The van der Waals surface area contributed by atoms with Crippen LogP contribution in [0.5, 0.6) is 0 Å². The number of nitrogens with one attached hydrogen (secondary N) is 6. The van der Waals surface area contributed by atoms with E-state index in [0.717, 1.165) is 46.1 Å². The standard InChI is InChI=1S/C59H80N8O8S2/c1-37(61-9)52(69)64-46-25-27-77-49-31-57(4,5)51(67(49)58(46,6)7)54(71)65-59(73,43-18-14-11-15-19-43)36-75-34-39-21-23-41-28-38(20-22-42(41)29-39)33-74-35-45(40-16-12-10-13-17-40)63-53(70)50-56(2,3)30-48-66(50)55(72)44(24-26-76-48)62-47(68)32-60-8/h10-23,28-29,37,44-46,48-51,60-61,73H,24-27,30-36H2,1-9H3,(H,62,68)(H,63,70)(H,64,69)(H,65,71)/t37-,44-,45+,46-,48-,49-,50+,51+,59?/m0/s1. The van der Waals surface area contributed by atoms with Crippen LogP contribution in [0.15, 0.2) is 97.1 Å². The average Bonchev–Trinajstić information content (AvgIpc) is 3.96. The molecule has 0 saturated carbocycles. The van der Waals surface area contributed by atoms with Crippen LogP contribution in [0, 0.1) is 10.8 Å². The molecular weight excluding hydrogens is 1010 g/mol. The molecule has 0 aromatic heterocycles. The number of hydrogen-bond donors (Lipinski definition) is 7. The molecule has 4 aromatic carbocycles. The zero-order chi connectivity index (χ0) is 55.3. The van der Waals surface area contributed by atoms with Gasteiger partial charge in [-0.15, -0.1) is 23.5 Å². The molecule has 0 spiro atoms. The molecular formula is C59H80N8O8S2. The Bertz CT molecular complexity index is 2730. The highest BCUT2D eigenvalue weighted by Gasteiger charge is 2.59.